The highest BCUT2D eigenvalue weighted by molar-refractivity contribution is 14.1. The van der Waals surface area contributed by atoms with Crippen LogP contribution in [0.25, 0.3) is 0 Å². The van der Waals surface area contributed by atoms with Crippen LogP contribution in [0, 0.1) is 39.6 Å². The zero-order valence-electron chi connectivity index (χ0n) is 26.9. The molecule has 1 atom stereocenters. The number of hydrogen-bond donors (Lipinski definition) is 0. The first-order chi connectivity index (χ1) is 22.5. The average molecular weight is 787 g/mol. The molecule has 0 N–H and O–H groups in total. The lowest BCUT2D eigenvalue weighted by Crippen LogP contribution is -2.48. The summed E-state index contributed by atoms with van der Waals surface area (Å²) in [6.45, 7) is 10.6. The first-order valence-electron chi connectivity index (χ1n) is 15.3. The first-order valence-corrected chi connectivity index (χ1v) is 16.3. The summed E-state index contributed by atoms with van der Waals surface area (Å²) in [5.41, 5.74) is 2.10. The smallest absolute Gasteiger partial charge is 0.482 e. The van der Waals surface area contributed by atoms with Gasteiger partial charge < -0.3 is 14.2 Å². The molecule has 1 saturated carbocycles. The standard InChI is InChI=1S/C34H34F5IN3O5/c1-17-12-24(22(40)13-21(17)32(44)47-31-29(38)27(36)26(35)28(37)30(31)39)46-25(23-9-8-20(14-41-23)19-6-7-19)16-42-10-11-43(18(2)15-42)33(45)48-34(3,4)5/h8-9,12-14,19,25H,6-7,10-11,15-16H2,1-5H3/q+1/t25-/m1/s1. The molecule has 1 aliphatic carbocycles. The number of halogens is 6. The molecule has 256 valence electrons. The minimum atomic E-state index is -2.36. The van der Waals surface area contributed by atoms with Crippen LogP contribution in [-0.4, -0.2) is 64.0 Å². The number of aryl methyl sites for hydroxylation is 1. The van der Waals surface area contributed by atoms with Crippen molar-refractivity contribution >= 4 is 40.4 Å². The van der Waals surface area contributed by atoms with Crippen LogP contribution in [0.1, 0.15) is 79.7 Å². The zero-order valence-corrected chi connectivity index (χ0v) is 29.1. The molecule has 1 aromatic heterocycles. The second-order valence-corrected chi connectivity index (χ2v) is 14.0. The van der Waals surface area contributed by atoms with Crippen LogP contribution in [-0.2, 0) is 4.74 Å². The molecule has 5 rings (SSSR count). The molecule has 0 saturated heterocycles. The number of pyridine rings is 1. The summed E-state index contributed by atoms with van der Waals surface area (Å²) < 4.78 is 88.0. The van der Waals surface area contributed by atoms with Gasteiger partial charge in [-0.3, -0.25) is 9.88 Å². The number of benzene rings is 2. The molecule has 0 unspecified atom stereocenters. The lowest BCUT2D eigenvalue weighted by Gasteiger charge is -2.29. The Labute approximate surface area is 288 Å². The molecule has 2 aliphatic rings. The van der Waals surface area contributed by atoms with E-state index >= 15 is 0 Å². The van der Waals surface area contributed by atoms with Gasteiger partial charge in [0, 0.05) is 19.7 Å². The van der Waals surface area contributed by atoms with E-state index in [0.717, 1.165) is 24.1 Å². The molecule has 2 heterocycles. The maximum absolute atomic E-state index is 14.2. The van der Waals surface area contributed by atoms with Gasteiger partial charge in [-0.05, 0) is 98.4 Å². The van der Waals surface area contributed by atoms with E-state index in [2.05, 4.69) is 9.64 Å². The highest BCUT2D eigenvalue weighted by Gasteiger charge is 2.35. The van der Waals surface area contributed by atoms with Gasteiger partial charge in [0.15, 0.2) is 18.4 Å². The van der Waals surface area contributed by atoms with E-state index in [1.54, 1.807) is 4.58 Å². The van der Waals surface area contributed by atoms with Gasteiger partial charge in [-0.2, -0.15) is 13.6 Å². The molecule has 0 bridgehead atoms. The third kappa shape index (κ3) is 7.96. The fraction of sp³-hybridized carbons (Fsp3) is 0.412. The third-order valence-electron chi connectivity index (χ3n) is 7.91. The molecule has 1 fully saturated rings. The van der Waals surface area contributed by atoms with Gasteiger partial charge in [0.2, 0.25) is 34.8 Å². The van der Waals surface area contributed by atoms with Gasteiger partial charge >= 0.3 is 12.1 Å². The number of amides is 1. The maximum Gasteiger partial charge on any atom is 0.596 e. The van der Waals surface area contributed by atoms with Crippen LogP contribution >= 0.6 is 22.6 Å². The maximum atomic E-state index is 14.2. The lowest BCUT2D eigenvalue weighted by molar-refractivity contribution is -0.458. The van der Waals surface area contributed by atoms with E-state index in [0.29, 0.717) is 47.1 Å². The Balaban J connectivity index is 1.38. The molecule has 2 aromatic carbocycles. The number of aromatic nitrogens is 1. The zero-order chi connectivity index (χ0) is 35.1. The highest BCUT2D eigenvalue weighted by atomic mass is 127. The van der Waals surface area contributed by atoms with Crippen LogP contribution in [0.4, 0.5) is 26.7 Å². The third-order valence-corrected chi connectivity index (χ3v) is 8.75. The van der Waals surface area contributed by atoms with E-state index in [9.17, 15) is 31.5 Å². The lowest BCUT2D eigenvalue weighted by atomic mass is 10.1. The van der Waals surface area contributed by atoms with Crippen molar-refractivity contribution in [3.63, 3.8) is 0 Å². The summed E-state index contributed by atoms with van der Waals surface area (Å²) in [5, 5.41) is 0. The highest BCUT2D eigenvalue weighted by Crippen LogP contribution is 2.40. The molecule has 0 radical (unpaired) electrons. The number of ether oxygens (including phenoxy) is 3. The Kier molecular flexibility index (Phi) is 10.4. The Morgan fingerprint density at radius 2 is 1.67 bits per heavy atom. The van der Waals surface area contributed by atoms with Crippen molar-refractivity contribution in [3.8, 4) is 11.5 Å². The number of carbonyl (C=O) groups is 2. The van der Waals surface area contributed by atoms with Gasteiger partial charge in [0.05, 0.1) is 27.9 Å². The monoisotopic (exact) mass is 786 g/mol. The molecule has 3 aromatic rings. The van der Waals surface area contributed by atoms with E-state index in [-0.39, 0.29) is 11.1 Å². The van der Waals surface area contributed by atoms with E-state index in [1.807, 2.05) is 68.6 Å². The van der Waals surface area contributed by atoms with E-state index in [4.69, 9.17) is 14.5 Å². The van der Waals surface area contributed by atoms with Gasteiger partial charge in [-0.1, -0.05) is 6.07 Å². The molecule has 14 heteroatoms. The van der Waals surface area contributed by atoms with Gasteiger partial charge in [0.25, 0.3) is 0 Å². The predicted octanol–water partition coefficient (Wildman–Crippen LogP) is 7.63. The second-order valence-electron chi connectivity index (χ2n) is 12.9. The van der Waals surface area contributed by atoms with Crippen molar-refractivity contribution in [1.82, 2.24) is 9.88 Å². The van der Waals surface area contributed by atoms with Crippen molar-refractivity contribution in [2.75, 3.05) is 26.2 Å². The number of carbonyl (C=O) groups excluding carboxylic acids is 2. The number of nitrogens with zero attached hydrogens (tertiary/aromatic N) is 3. The quantitative estimate of drug-likeness (QED) is 0.0442. The van der Waals surface area contributed by atoms with Crippen molar-refractivity contribution in [2.45, 2.75) is 65.1 Å². The molecule has 1 amide bonds. The Bertz CT molecular complexity index is 1760. The number of rotatable bonds is 8. The van der Waals surface area contributed by atoms with E-state index < -0.39 is 58.6 Å². The van der Waals surface area contributed by atoms with Crippen LogP contribution in [0.2, 0.25) is 0 Å². The van der Waals surface area contributed by atoms with E-state index in [1.165, 1.54) is 19.1 Å². The molecular formula is C34H34F5IN3O5+. The predicted molar refractivity (Wildman–Crippen MR) is 173 cm³/mol. The summed E-state index contributed by atoms with van der Waals surface area (Å²) in [6.07, 6.45) is 3.09. The van der Waals surface area contributed by atoms with Crippen LogP contribution in [0.15, 0.2) is 30.5 Å². The Morgan fingerprint density at radius 3 is 2.23 bits per heavy atom. The Hall–Kier alpha value is -3.66. The van der Waals surface area contributed by atoms with Gasteiger partial charge in [0.1, 0.15) is 11.4 Å². The molecule has 8 nitrogen and oxygen atoms in total. The molecule has 1 aliphatic heterocycles. The van der Waals surface area contributed by atoms with Crippen molar-refractivity contribution in [1.29, 1.82) is 0 Å². The van der Waals surface area contributed by atoms with Crippen molar-refractivity contribution < 1.29 is 50.3 Å². The van der Waals surface area contributed by atoms with Crippen molar-refractivity contribution in [2.24, 2.45) is 0 Å². The van der Waals surface area contributed by atoms with Gasteiger partial charge in [-0.25, -0.2) is 18.0 Å². The van der Waals surface area contributed by atoms with Crippen molar-refractivity contribution in [3.05, 3.63) is 85.5 Å². The largest absolute Gasteiger partial charge is 0.596 e. The average Bonchev–Trinajstić information content (AvgIpc) is 3.87. The summed E-state index contributed by atoms with van der Waals surface area (Å²) in [5.74, 6) is -13.5. The summed E-state index contributed by atoms with van der Waals surface area (Å²) in [7, 11) is 0. The van der Waals surface area contributed by atoms with Crippen LogP contribution < -0.4 is 9.47 Å². The fourth-order valence-corrected chi connectivity index (χ4v) is 5.87. The van der Waals surface area contributed by atoms with Gasteiger partial charge in [-0.15, -0.1) is 4.58 Å². The number of hydrogen-bond acceptors (Lipinski definition) is 7. The minimum Gasteiger partial charge on any atom is -0.482 e. The number of esters is 1. The minimum absolute atomic E-state index is 0.164. The molecular weight excluding hydrogens is 752 g/mol. The molecule has 48 heavy (non-hydrogen) atoms. The SMILES string of the molecule is CC1=[N+](C(=O)OC(C)(C)C)CCN(C[C@@H](Oc2cc(C)c(C(=O)Oc3c(F)c(F)c(F)c(F)c3F)cc2I)c2ccc(C3CC3)cn2)C1. The first kappa shape index (κ1) is 35.6. The molecule has 0 spiro atoms. The normalized spacial score (nSPS) is 16.1. The second kappa shape index (κ2) is 14.1. The Morgan fingerprint density at radius 1 is 1.02 bits per heavy atom. The summed E-state index contributed by atoms with van der Waals surface area (Å²) >= 11 is 1.92. The van der Waals surface area contributed by atoms with Crippen LogP contribution in [0.5, 0.6) is 11.5 Å². The summed E-state index contributed by atoms with van der Waals surface area (Å²) in [4.78, 5) is 32.5. The van der Waals surface area contributed by atoms with Crippen LogP contribution in [0.3, 0.4) is 0 Å². The summed E-state index contributed by atoms with van der Waals surface area (Å²) in [6, 6.07) is 6.82. The fourth-order valence-electron chi connectivity index (χ4n) is 5.27. The topological polar surface area (TPSA) is 81.0 Å².